The van der Waals surface area contributed by atoms with E-state index in [4.69, 9.17) is 4.74 Å². The van der Waals surface area contributed by atoms with Crippen LogP contribution in [0.1, 0.15) is 46.2 Å². The Morgan fingerprint density at radius 1 is 1.09 bits per heavy atom. The molecule has 2 aromatic rings. The van der Waals surface area contributed by atoms with Crippen LogP contribution in [0.15, 0.2) is 30.3 Å². The largest absolute Gasteiger partial charge is 0.496 e. The molecule has 0 N–H and O–H groups in total. The van der Waals surface area contributed by atoms with E-state index < -0.39 is 0 Å². The average Bonchev–Trinajstić information content (AvgIpc) is 2.53. The summed E-state index contributed by atoms with van der Waals surface area (Å²) in [4.78, 5) is 0. The highest BCUT2D eigenvalue weighted by atomic mass is 16.5. The lowest BCUT2D eigenvalue weighted by molar-refractivity contribution is 0.410. The summed E-state index contributed by atoms with van der Waals surface area (Å²) in [5.74, 6) is 0.766. The van der Waals surface area contributed by atoms with E-state index in [-0.39, 0.29) is 5.92 Å². The molecule has 2 heteroatoms. The second-order valence-electron chi connectivity index (χ2n) is 6.19. The molecule has 0 bridgehead atoms. The van der Waals surface area contributed by atoms with Crippen LogP contribution >= 0.6 is 0 Å². The van der Waals surface area contributed by atoms with Crippen molar-refractivity contribution in [3.05, 3.63) is 63.7 Å². The van der Waals surface area contributed by atoms with Crippen molar-refractivity contribution in [3.63, 3.8) is 0 Å². The van der Waals surface area contributed by atoms with Crippen molar-refractivity contribution in [2.45, 2.75) is 46.5 Å². The van der Waals surface area contributed by atoms with Crippen molar-refractivity contribution in [3.8, 4) is 11.8 Å². The number of hydrogen-bond acceptors (Lipinski definition) is 2. The van der Waals surface area contributed by atoms with E-state index >= 15 is 0 Å². The van der Waals surface area contributed by atoms with Gasteiger partial charge in [-0.3, -0.25) is 0 Å². The van der Waals surface area contributed by atoms with Gasteiger partial charge in [0.2, 0.25) is 0 Å². The van der Waals surface area contributed by atoms with Crippen molar-refractivity contribution in [1.29, 1.82) is 5.26 Å². The molecule has 0 heterocycles. The highest BCUT2D eigenvalue weighted by Gasteiger charge is 2.16. The first-order chi connectivity index (χ1) is 11.0. The molecule has 0 fully saturated rings. The summed E-state index contributed by atoms with van der Waals surface area (Å²) in [7, 11) is 1.69. The minimum Gasteiger partial charge on any atom is -0.496 e. The molecule has 1 atom stereocenters. The molecule has 0 aromatic heterocycles. The van der Waals surface area contributed by atoms with Crippen LogP contribution in [0.2, 0.25) is 0 Å². The molecular weight excluding hydrogens is 282 g/mol. The van der Waals surface area contributed by atoms with Crippen molar-refractivity contribution in [2.75, 3.05) is 7.11 Å². The lowest BCUT2D eigenvalue weighted by Crippen LogP contribution is -2.05. The maximum absolute atomic E-state index is 9.69. The third-order valence-electron chi connectivity index (χ3n) is 4.49. The van der Waals surface area contributed by atoms with Gasteiger partial charge in [0.05, 0.1) is 19.1 Å². The zero-order chi connectivity index (χ0) is 17.0. The van der Waals surface area contributed by atoms with Gasteiger partial charge in [0.15, 0.2) is 0 Å². The maximum atomic E-state index is 9.69. The first-order valence-corrected chi connectivity index (χ1v) is 8.13. The molecule has 1 unspecified atom stereocenters. The summed E-state index contributed by atoms with van der Waals surface area (Å²) in [6.45, 7) is 8.49. The Hall–Kier alpha value is -2.27. The molecule has 2 nitrogen and oxygen atoms in total. The zero-order valence-electron chi connectivity index (χ0n) is 14.7. The molecule has 0 radical (unpaired) electrons. The molecule has 0 aliphatic rings. The SMILES string of the molecule is CCc1cc(C(C#N)Cc2c(C)cc(C)cc2C)ccc1OC. The first kappa shape index (κ1) is 17.1. The number of benzene rings is 2. The summed E-state index contributed by atoms with van der Waals surface area (Å²) in [5, 5.41) is 9.69. The predicted octanol–water partition coefficient (Wildman–Crippen LogP) is 5.03. The number of nitrogens with zero attached hydrogens (tertiary/aromatic N) is 1. The fourth-order valence-corrected chi connectivity index (χ4v) is 3.27. The Morgan fingerprint density at radius 3 is 2.26 bits per heavy atom. The van der Waals surface area contributed by atoms with Gasteiger partial charge < -0.3 is 4.74 Å². The van der Waals surface area contributed by atoms with Crippen LogP contribution in [0.3, 0.4) is 0 Å². The van der Waals surface area contributed by atoms with E-state index in [2.05, 4.69) is 52.0 Å². The summed E-state index contributed by atoms with van der Waals surface area (Å²) in [5.41, 5.74) is 7.33. The minimum absolute atomic E-state index is 0.133. The second kappa shape index (κ2) is 7.33. The molecular formula is C21H25NO. The van der Waals surface area contributed by atoms with Gasteiger partial charge in [-0.1, -0.05) is 36.8 Å². The molecule has 0 saturated heterocycles. The Morgan fingerprint density at radius 2 is 1.74 bits per heavy atom. The van der Waals surface area contributed by atoms with E-state index in [1.54, 1.807) is 7.11 Å². The van der Waals surface area contributed by atoms with Gasteiger partial charge in [-0.05, 0) is 67.5 Å². The van der Waals surface area contributed by atoms with Crippen LogP contribution in [0.4, 0.5) is 0 Å². The van der Waals surface area contributed by atoms with Crippen LogP contribution in [0.5, 0.6) is 5.75 Å². The van der Waals surface area contributed by atoms with Crippen LogP contribution in [0, 0.1) is 32.1 Å². The third-order valence-corrected chi connectivity index (χ3v) is 4.49. The average molecular weight is 307 g/mol. The fraction of sp³-hybridized carbons (Fsp3) is 0.381. The molecule has 0 spiro atoms. The fourth-order valence-electron chi connectivity index (χ4n) is 3.27. The van der Waals surface area contributed by atoms with Gasteiger partial charge in [0.25, 0.3) is 0 Å². The van der Waals surface area contributed by atoms with Crippen molar-refractivity contribution in [2.24, 2.45) is 0 Å². The van der Waals surface area contributed by atoms with Crippen molar-refractivity contribution >= 4 is 0 Å². The number of nitriles is 1. The molecule has 120 valence electrons. The van der Waals surface area contributed by atoms with Gasteiger partial charge in [0, 0.05) is 0 Å². The smallest absolute Gasteiger partial charge is 0.122 e. The quantitative estimate of drug-likeness (QED) is 0.776. The Labute approximate surface area is 139 Å². The molecule has 0 aliphatic heterocycles. The maximum Gasteiger partial charge on any atom is 0.122 e. The first-order valence-electron chi connectivity index (χ1n) is 8.13. The molecule has 2 aromatic carbocycles. The van der Waals surface area contributed by atoms with Crippen LogP contribution in [-0.2, 0) is 12.8 Å². The molecule has 0 saturated carbocycles. The number of ether oxygens (including phenoxy) is 1. The highest BCUT2D eigenvalue weighted by molar-refractivity contribution is 5.43. The Balaban J connectivity index is 2.37. The van der Waals surface area contributed by atoms with Crippen molar-refractivity contribution < 1.29 is 4.74 Å². The lowest BCUT2D eigenvalue weighted by Gasteiger charge is -2.17. The number of hydrogen-bond donors (Lipinski definition) is 0. The number of methoxy groups -OCH3 is 1. The molecule has 2 rings (SSSR count). The topological polar surface area (TPSA) is 33.0 Å². The van der Waals surface area contributed by atoms with E-state index in [0.717, 1.165) is 29.7 Å². The van der Waals surface area contributed by atoms with Crippen LogP contribution in [-0.4, -0.2) is 7.11 Å². The number of rotatable bonds is 5. The Bertz CT molecular complexity index is 717. The predicted molar refractivity (Wildman–Crippen MR) is 95.1 cm³/mol. The lowest BCUT2D eigenvalue weighted by atomic mass is 9.87. The standard InChI is InChI=1S/C21H25NO/c1-6-17-11-18(7-8-21(17)23-5)19(13-22)12-20-15(3)9-14(2)10-16(20)4/h7-11,19H,6,12H2,1-5H3. The minimum atomic E-state index is -0.133. The Kier molecular flexibility index (Phi) is 5.45. The van der Waals surface area contributed by atoms with E-state index in [9.17, 15) is 5.26 Å². The summed E-state index contributed by atoms with van der Waals surface area (Å²) in [6, 6.07) is 13.0. The summed E-state index contributed by atoms with van der Waals surface area (Å²) < 4.78 is 5.39. The van der Waals surface area contributed by atoms with Crippen LogP contribution in [0.25, 0.3) is 0 Å². The normalized spacial score (nSPS) is 11.8. The van der Waals surface area contributed by atoms with Crippen molar-refractivity contribution in [1.82, 2.24) is 0 Å². The highest BCUT2D eigenvalue weighted by Crippen LogP contribution is 2.29. The molecule has 0 amide bonds. The van der Waals surface area contributed by atoms with E-state index in [1.807, 2.05) is 12.1 Å². The van der Waals surface area contributed by atoms with E-state index in [1.165, 1.54) is 22.3 Å². The summed E-state index contributed by atoms with van der Waals surface area (Å²) >= 11 is 0. The van der Waals surface area contributed by atoms with Gasteiger partial charge in [-0.25, -0.2) is 0 Å². The van der Waals surface area contributed by atoms with Crippen LogP contribution < -0.4 is 4.74 Å². The summed E-state index contributed by atoms with van der Waals surface area (Å²) in [6.07, 6.45) is 1.65. The van der Waals surface area contributed by atoms with Gasteiger partial charge in [-0.2, -0.15) is 5.26 Å². The second-order valence-corrected chi connectivity index (χ2v) is 6.19. The van der Waals surface area contributed by atoms with Gasteiger partial charge in [0.1, 0.15) is 5.75 Å². The van der Waals surface area contributed by atoms with Gasteiger partial charge in [-0.15, -0.1) is 0 Å². The van der Waals surface area contributed by atoms with Gasteiger partial charge >= 0.3 is 0 Å². The molecule has 23 heavy (non-hydrogen) atoms. The monoisotopic (exact) mass is 307 g/mol. The van der Waals surface area contributed by atoms with E-state index in [0.29, 0.717) is 0 Å². The third kappa shape index (κ3) is 3.74. The zero-order valence-corrected chi connectivity index (χ0v) is 14.7. The molecule has 0 aliphatic carbocycles. The number of aryl methyl sites for hydroxylation is 4.